The molecule has 1 aromatic carbocycles. The Hall–Kier alpha value is -1.27. The topological polar surface area (TPSA) is 89.3 Å². The molecule has 1 aromatic rings. The Labute approximate surface area is 92.3 Å². The van der Waals surface area contributed by atoms with Crippen LogP contribution >= 0.6 is 11.6 Å². The summed E-state index contributed by atoms with van der Waals surface area (Å²) in [7, 11) is -3.92. The molecule has 0 aliphatic heterocycles. The van der Waals surface area contributed by atoms with Gasteiger partial charge in [0.1, 0.15) is 4.90 Å². The first-order valence-electron chi connectivity index (χ1n) is 3.91. The van der Waals surface area contributed by atoms with E-state index >= 15 is 0 Å². The number of sulfonamides is 1. The van der Waals surface area contributed by atoms with Crippen LogP contribution in [-0.2, 0) is 14.8 Å². The molecule has 0 radical (unpaired) electrons. The van der Waals surface area contributed by atoms with E-state index in [0.29, 0.717) is 0 Å². The molecular weight excluding hydrogens is 240 g/mol. The molecule has 0 unspecified atom stereocenters. The number of hydrogen-bond acceptors (Lipinski definition) is 4. The zero-order chi connectivity index (χ0) is 11.6. The van der Waals surface area contributed by atoms with E-state index in [1.54, 1.807) is 4.72 Å². The minimum atomic E-state index is -3.92. The van der Waals surface area contributed by atoms with E-state index in [0.717, 1.165) is 6.92 Å². The fraction of sp³-hybridized carbons (Fsp3) is 0.125. The van der Waals surface area contributed by atoms with Crippen molar-refractivity contribution < 1.29 is 13.2 Å². The van der Waals surface area contributed by atoms with Gasteiger partial charge in [-0.1, -0.05) is 11.6 Å². The number of carbonyl (C=O) groups excluding carboxylic acids is 1. The van der Waals surface area contributed by atoms with E-state index in [1.165, 1.54) is 18.2 Å². The van der Waals surface area contributed by atoms with Crippen molar-refractivity contribution in [1.82, 2.24) is 4.72 Å². The zero-order valence-corrected chi connectivity index (χ0v) is 9.39. The average Bonchev–Trinajstić information content (AvgIpc) is 2.06. The van der Waals surface area contributed by atoms with Gasteiger partial charge in [0, 0.05) is 11.9 Å². The van der Waals surface area contributed by atoms with Crippen molar-refractivity contribution in [3.63, 3.8) is 0 Å². The molecule has 0 bridgehead atoms. The predicted molar refractivity (Wildman–Crippen MR) is 56.9 cm³/mol. The van der Waals surface area contributed by atoms with Crippen molar-refractivity contribution in [2.45, 2.75) is 11.8 Å². The van der Waals surface area contributed by atoms with Gasteiger partial charge in [0.15, 0.2) is 0 Å². The molecule has 0 spiro atoms. The molecule has 0 fully saturated rings. The van der Waals surface area contributed by atoms with Crippen LogP contribution in [0.15, 0.2) is 23.1 Å². The largest absolute Gasteiger partial charge is 0.398 e. The van der Waals surface area contributed by atoms with E-state index < -0.39 is 15.9 Å². The van der Waals surface area contributed by atoms with Crippen LogP contribution in [0.1, 0.15) is 6.92 Å². The van der Waals surface area contributed by atoms with Gasteiger partial charge >= 0.3 is 0 Å². The third kappa shape index (κ3) is 2.84. The van der Waals surface area contributed by atoms with E-state index in [2.05, 4.69) is 0 Å². The minimum absolute atomic E-state index is 0.0353. The maximum absolute atomic E-state index is 11.5. The van der Waals surface area contributed by atoms with Crippen molar-refractivity contribution in [2.75, 3.05) is 5.73 Å². The third-order valence-electron chi connectivity index (χ3n) is 1.54. The molecule has 0 aliphatic carbocycles. The second-order valence-electron chi connectivity index (χ2n) is 2.84. The maximum Gasteiger partial charge on any atom is 0.266 e. The molecule has 1 amide bonds. The molecular formula is C8H9ClN2O3S. The summed E-state index contributed by atoms with van der Waals surface area (Å²) in [6, 6.07) is 4.00. The van der Waals surface area contributed by atoms with E-state index in [1.807, 2.05) is 0 Å². The van der Waals surface area contributed by atoms with Gasteiger partial charge in [0.2, 0.25) is 5.91 Å². The normalized spacial score (nSPS) is 11.1. The molecule has 1 rings (SSSR count). The smallest absolute Gasteiger partial charge is 0.266 e. The number of nitrogens with one attached hydrogen (secondary N) is 1. The molecule has 0 heterocycles. The Morgan fingerprint density at radius 2 is 2.07 bits per heavy atom. The van der Waals surface area contributed by atoms with E-state index in [4.69, 9.17) is 17.3 Å². The second-order valence-corrected chi connectivity index (χ2v) is 4.93. The number of carbonyl (C=O) groups is 1. The number of nitrogens with two attached hydrogens (primary N) is 1. The molecule has 82 valence electrons. The lowest BCUT2D eigenvalue weighted by atomic mass is 10.3. The summed E-state index contributed by atoms with van der Waals surface area (Å²) >= 11 is 5.63. The van der Waals surface area contributed by atoms with Gasteiger partial charge in [0.05, 0.1) is 5.69 Å². The molecule has 3 N–H and O–H groups in total. The number of amides is 1. The maximum atomic E-state index is 11.5. The van der Waals surface area contributed by atoms with Crippen LogP contribution in [0.5, 0.6) is 0 Å². The first-order chi connectivity index (χ1) is 6.83. The van der Waals surface area contributed by atoms with Gasteiger partial charge in [-0.25, -0.2) is 13.1 Å². The highest BCUT2D eigenvalue weighted by Crippen LogP contribution is 2.22. The fourth-order valence-corrected chi connectivity index (χ4v) is 2.37. The van der Waals surface area contributed by atoms with Crippen molar-refractivity contribution in [1.29, 1.82) is 0 Å². The summed E-state index contributed by atoms with van der Waals surface area (Å²) in [4.78, 5) is 10.5. The Morgan fingerprint density at radius 1 is 1.47 bits per heavy atom. The van der Waals surface area contributed by atoms with Gasteiger partial charge < -0.3 is 5.73 Å². The number of halogens is 1. The highest BCUT2D eigenvalue weighted by molar-refractivity contribution is 7.90. The first-order valence-corrected chi connectivity index (χ1v) is 5.77. The highest BCUT2D eigenvalue weighted by Gasteiger charge is 2.18. The lowest BCUT2D eigenvalue weighted by Crippen LogP contribution is -2.28. The average molecular weight is 249 g/mol. The lowest BCUT2D eigenvalue weighted by Gasteiger charge is -2.07. The first kappa shape index (κ1) is 11.8. The van der Waals surface area contributed by atoms with Crippen LogP contribution in [0.2, 0.25) is 5.02 Å². The lowest BCUT2D eigenvalue weighted by molar-refractivity contribution is -0.117. The van der Waals surface area contributed by atoms with Crippen LogP contribution in [0.25, 0.3) is 0 Å². The van der Waals surface area contributed by atoms with Crippen molar-refractivity contribution >= 4 is 33.2 Å². The number of rotatable bonds is 2. The summed E-state index contributed by atoms with van der Waals surface area (Å²) in [5, 5.41) is 0.230. The predicted octanol–water partition coefficient (Wildman–Crippen LogP) is 0.747. The van der Waals surface area contributed by atoms with Gasteiger partial charge in [-0.3, -0.25) is 4.79 Å². The molecule has 5 nitrogen and oxygen atoms in total. The van der Waals surface area contributed by atoms with Gasteiger partial charge in [-0.15, -0.1) is 0 Å². The summed E-state index contributed by atoms with van der Waals surface area (Å²) in [6.45, 7) is 1.10. The van der Waals surface area contributed by atoms with Crippen LogP contribution < -0.4 is 10.5 Å². The van der Waals surface area contributed by atoms with E-state index in [9.17, 15) is 13.2 Å². The standard InChI is InChI=1S/C8H9ClN2O3S/c1-5(12)11-15(13,14)8-4-6(9)2-3-7(8)10/h2-4H,10H2,1H3,(H,11,12). The van der Waals surface area contributed by atoms with Crippen LogP contribution in [0.4, 0.5) is 5.69 Å². The third-order valence-corrected chi connectivity index (χ3v) is 3.27. The van der Waals surface area contributed by atoms with Crippen molar-refractivity contribution in [2.24, 2.45) is 0 Å². The molecule has 0 aromatic heterocycles. The molecule has 0 atom stereocenters. The molecule has 0 saturated heterocycles. The van der Waals surface area contributed by atoms with Gasteiger partial charge in [0.25, 0.3) is 10.0 Å². The number of benzene rings is 1. The van der Waals surface area contributed by atoms with Crippen LogP contribution in [0, 0.1) is 0 Å². The molecule has 15 heavy (non-hydrogen) atoms. The summed E-state index contributed by atoms with van der Waals surface area (Å²) in [6.07, 6.45) is 0. The Morgan fingerprint density at radius 3 is 2.60 bits per heavy atom. The highest BCUT2D eigenvalue weighted by atomic mass is 35.5. The zero-order valence-electron chi connectivity index (χ0n) is 7.82. The van der Waals surface area contributed by atoms with Crippen LogP contribution in [-0.4, -0.2) is 14.3 Å². The van der Waals surface area contributed by atoms with Gasteiger partial charge in [-0.05, 0) is 18.2 Å². The number of anilines is 1. The monoisotopic (exact) mass is 248 g/mol. The number of hydrogen-bond donors (Lipinski definition) is 2. The molecule has 0 saturated carbocycles. The minimum Gasteiger partial charge on any atom is -0.398 e. The summed E-state index contributed by atoms with van der Waals surface area (Å²) < 4.78 is 24.9. The Kier molecular flexibility index (Phi) is 3.21. The SMILES string of the molecule is CC(=O)NS(=O)(=O)c1cc(Cl)ccc1N. The fourth-order valence-electron chi connectivity index (χ4n) is 0.985. The molecule has 7 heteroatoms. The van der Waals surface area contributed by atoms with Crippen LogP contribution in [0.3, 0.4) is 0 Å². The van der Waals surface area contributed by atoms with Gasteiger partial charge in [-0.2, -0.15) is 0 Å². The van der Waals surface area contributed by atoms with E-state index in [-0.39, 0.29) is 15.6 Å². The second kappa shape index (κ2) is 4.08. The summed E-state index contributed by atoms with van der Waals surface area (Å²) in [5.74, 6) is -0.686. The molecule has 0 aliphatic rings. The Balaban J connectivity index is 3.26. The summed E-state index contributed by atoms with van der Waals surface area (Å²) in [5.41, 5.74) is 5.50. The number of nitrogen functional groups attached to an aromatic ring is 1. The Bertz CT molecular complexity index is 499. The van der Waals surface area contributed by atoms with Crippen molar-refractivity contribution in [3.05, 3.63) is 23.2 Å². The van der Waals surface area contributed by atoms with Crippen molar-refractivity contribution in [3.8, 4) is 0 Å². The quantitative estimate of drug-likeness (QED) is 0.756.